The van der Waals surface area contributed by atoms with Gasteiger partial charge >= 0.3 is 6.01 Å². The molecule has 142 valence electrons. The van der Waals surface area contributed by atoms with E-state index in [4.69, 9.17) is 13.9 Å². The number of benzene rings is 1. The van der Waals surface area contributed by atoms with E-state index in [2.05, 4.69) is 10.2 Å². The summed E-state index contributed by atoms with van der Waals surface area (Å²) in [4.78, 5) is 2.02. The zero-order chi connectivity index (χ0) is 18.7. The number of ether oxygens (including phenoxy) is 2. The van der Waals surface area contributed by atoms with Crippen LogP contribution >= 0.6 is 0 Å². The van der Waals surface area contributed by atoms with Crippen molar-refractivity contribution in [3.8, 4) is 11.5 Å². The fraction of sp³-hybridized carbons (Fsp3) is 0.500. The zero-order valence-corrected chi connectivity index (χ0v) is 15.8. The summed E-state index contributed by atoms with van der Waals surface area (Å²) in [5.41, 5.74) is 0. The number of methoxy groups -OCH3 is 2. The first-order chi connectivity index (χ1) is 12.5. The maximum absolute atomic E-state index is 13.0. The molecule has 1 aliphatic rings. The lowest BCUT2D eigenvalue weighted by Gasteiger charge is -2.33. The van der Waals surface area contributed by atoms with Gasteiger partial charge in [0.1, 0.15) is 16.4 Å². The van der Waals surface area contributed by atoms with Crippen molar-refractivity contribution in [2.24, 2.45) is 0 Å². The fourth-order valence-corrected chi connectivity index (χ4v) is 4.32. The number of aryl methyl sites for hydroxylation is 1. The first kappa shape index (κ1) is 18.5. The van der Waals surface area contributed by atoms with Crippen molar-refractivity contribution < 1.29 is 22.3 Å². The molecule has 0 amide bonds. The SMILES string of the molecule is CCc1nnc(N2CCN(S(=O)(=O)c3ccc(OC)cc3OC)CC2)o1. The number of hydrogen-bond donors (Lipinski definition) is 0. The molecule has 0 unspecified atom stereocenters. The lowest BCUT2D eigenvalue weighted by molar-refractivity contribution is 0.361. The van der Waals surface area contributed by atoms with Crippen LogP contribution in [0, 0.1) is 0 Å². The molecule has 0 bridgehead atoms. The zero-order valence-electron chi connectivity index (χ0n) is 15.0. The van der Waals surface area contributed by atoms with Crippen LogP contribution in [0.15, 0.2) is 27.5 Å². The minimum atomic E-state index is -3.68. The summed E-state index contributed by atoms with van der Waals surface area (Å²) in [6.07, 6.45) is 0.665. The molecule has 3 rings (SSSR count). The molecule has 2 heterocycles. The van der Waals surface area contributed by atoms with Crippen molar-refractivity contribution in [1.29, 1.82) is 0 Å². The first-order valence-electron chi connectivity index (χ1n) is 8.29. The number of anilines is 1. The molecule has 1 fully saturated rings. The van der Waals surface area contributed by atoms with E-state index >= 15 is 0 Å². The van der Waals surface area contributed by atoms with Crippen LogP contribution in [0.5, 0.6) is 11.5 Å². The molecule has 0 N–H and O–H groups in total. The van der Waals surface area contributed by atoms with E-state index in [0.717, 1.165) is 0 Å². The summed E-state index contributed by atoms with van der Waals surface area (Å²) in [6, 6.07) is 5.11. The molecule has 0 atom stereocenters. The van der Waals surface area contributed by atoms with Crippen molar-refractivity contribution in [2.45, 2.75) is 18.2 Å². The molecule has 1 aromatic carbocycles. The second kappa shape index (κ2) is 7.50. The maximum Gasteiger partial charge on any atom is 0.318 e. The quantitative estimate of drug-likeness (QED) is 0.734. The second-order valence-electron chi connectivity index (χ2n) is 5.74. The summed E-state index contributed by atoms with van der Waals surface area (Å²) in [5.74, 6) is 1.36. The highest BCUT2D eigenvalue weighted by Gasteiger charge is 2.32. The Balaban J connectivity index is 1.75. The van der Waals surface area contributed by atoms with Gasteiger partial charge in [-0.1, -0.05) is 12.0 Å². The van der Waals surface area contributed by atoms with Crippen LogP contribution in [0.1, 0.15) is 12.8 Å². The Bertz CT molecular complexity index is 859. The number of rotatable bonds is 6. The number of sulfonamides is 1. The van der Waals surface area contributed by atoms with E-state index in [1.165, 1.54) is 24.6 Å². The van der Waals surface area contributed by atoms with Crippen molar-refractivity contribution in [1.82, 2.24) is 14.5 Å². The minimum absolute atomic E-state index is 0.125. The summed E-state index contributed by atoms with van der Waals surface area (Å²) < 4.78 is 43.3. The smallest absolute Gasteiger partial charge is 0.318 e. The van der Waals surface area contributed by atoms with E-state index in [1.54, 1.807) is 12.1 Å². The minimum Gasteiger partial charge on any atom is -0.497 e. The van der Waals surface area contributed by atoms with Gasteiger partial charge in [-0.3, -0.25) is 0 Å². The van der Waals surface area contributed by atoms with Crippen LogP contribution < -0.4 is 14.4 Å². The molecule has 0 saturated carbocycles. The van der Waals surface area contributed by atoms with Crippen LogP contribution in [-0.2, 0) is 16.4 Å². The Morgan fingerprint density at radius 2 is 1.85 bits per heavy atom. The van der Waals surface area contributed by atoms with Gasteiger partial charge < -0.3 is 18.8 Å². The van der Waals surface area contributed by atoms with Crippen molar-refractivity contribution >= 4 is 16.0 Å². The van der Waals surface area contributed by atoms with Gasteiger partial charge in [0.05, 0.1) is 14.2 Å². The van der Waals surface area contributed by atoms with E-state index in [-0.39, 0.29) is 10.6 Å². The normalized spacial score (nSPS) is 15.9. The van der Waals surface area contributed by atoms with Crippen LogP contribution in [0.2, 0.25) is 0 Å². The Morgan fingerprint density at radius 1 is 1.12 bits per heavy atom. The highest BCUT2D eigenvalue weighted by atomic mass is 32.2. The lowest BCUT2D eigenvalue weighted by atomic mass is 10.3. The van der Waals surface area contributed by atoms with Gasteiger partial charge in [-0.05, 0) is 12.1 Å². The highest BCUT2D eigenvalue weighted by Crippen LogP contribution is 2.31. The van der Waals surface area contributed by atoms with Crippen LogP contribution in [0.25, 0.3) is 0 Å². The van der Waals surface area contributed by atoms with Gasteiger partial charge in [-0.15, -0.1) is 5.10 Å². The third-order valence-electron chi connectivity index (χ3n) is 4.26. The molecule has 0 radical (unpaired) electrons. The molecule has 9 nitrogen and oxygen atoms in total. The number of aromatic nitrogens is 2. The predicted octanol–water partition coefficient (Wildman–Crippen LogP) is 1.16. The number of hydrogen-bond acceptors (Lipinski definition) is 8. The van der Waals surface area contributed by atoms with Gasteiger partial charge in [0.25, 0.3) is 0 Å². The van der Waals surface area contributed by atoms with E-state index in [0.29, 0.717) is 50.3 Å². The molecule has 2 aromatic rings. The fourth-order valence-electron chi connectivity index (χ4n) is 2.76. The van der Waals surface area contributed by atoms with E-state index < -0.39 is 10.0 Å². The van der Waals surface area contributed by atoms with E-state index in [1.807, 2.05) is 11.8 Å². The van der Waals surface area contributed by atoms with Gasteiger partial charge in [0.15, 0.2) is 0 Å². The Kier molecular flexibility index (Phi) is 5.33. The van der Waals surface area contributed by atoms with Gasteiger partial charge in [0.2, 0.25) is 15.9 Å². The lowest BCUT2D eigenvalue weighted by Crippen LogP contribution is -2.48. The largest absolute Gasteiger partial charge is 0.497 e. The molecule has 26 heavy (non-hydrogen) atoms. The van der Waals surface area contributed by atoms with Crippen LogP contribution in [-0.4, -0.2) is 63.3 Å². The topological polar surface area (TPSA) is 98.0 Å². The Hall–Kier alpha value is -2.33. The predicted molar refractivity (Wildman–Crippen MR) is 94.2 cm³/mol. The molecular weight excluding hydrogens is 360 g/mol. The summed E-state index contributed by atoms with van der Waals surface area (Å²) >= 11 is 0. The highest BCUT2D eigenvalue weighted by molar-refractivity contribution is 7.89. The molecule has 1 saturated heterocycles. The average Bonchev–Trinajstić information content (AvgIpc) is 3.16. The maximum atomic E-state index is 13.0. The average molecular weight is 382 g/mol. The van der Waals surface area contributed by atoms with Gasteiger partial charge in [0, 0.05) is 38.7 Å². The molecule has 1 aromatic heterocycles. The molecule has 0 aliphatic carbocycles. The summed E-state index contributed by atoms with van der Waals surface area (Å²) in [7, 11) is -0.721. The van der Waals surface area contributed by atoms with Crippen molar-refractivity contribution in [3.05, 3.63) is 24.1 Å². The Labute approximate surface area is 152 Å². The third-order valence-corrected chi connectivity index (χ3v) is 6.19. The monoisotopic (exact) mass is 382 g/mol. The Morgan fingerprint density at radius 3 is 2.42 bits per heavy atom. The molecule has 10 heteroatoms. The van der Waals surface area contributed by atoms with Crippen molar-refractivity contribution in [2.75, 3.05) is 45.3 Å². The van der Waals surface area contributed by atoms with E-state index in [9.17, 15) is 8.42 Å². The molecule has 0 spiro atoms. The van der Waals surface area contributed by atoms with Gasteiger partial charge in [-0.2, -0.15) is 4.31 Å². The second-order valence-corrected chi connectivity index (χ2v) is 7.65. The molecule has 1 aliphatic heterocycles. The number of piperazine rings is 1. The third kappa shape index (κ3) is 3.47. The van der Waals surface area contributed by atoms with Gasteiger partial charge in [-0.25, -0.2) is 8.42 Å². The van der Waals surface area contributed by atoms with Crippen molar-refractivity contribution in [3.63, 3.8) is 0 Å². The first-order valence-corrected chi connectivity index (χ1v) is 9.73. The summed E-state index contributed by atoms with van der Waals surface area (Å²) in [6.45, 7) is 3.53. The molecular formula is C16H22N4O5S. The summed E-state index contributed by atoms with van der Waals surface area (Å²) in [5, 5.41) is 7.96. The van der Waals surface area contributed by atoms with Crippen LogP contribution in [0.3, 0.4) is 0 Å². The standard InChI is InChI=1S/C16H22N4O5S/c1-4-15-17-18-16(25-15)19-7-9-20(10-8-19)26(21,22)14-6-5-12(23-2)11-13(14)24-3/h5-6,11H,4,7-10H2,1-3H3. The van der Waals surface area contributed by atoms with Crippen LogP contribution in [0.4, 0.5) is 6.01 Å². The number of nitrogens with zero attached hydrogens (tertiary/aromatic N) is 4.